The molecule has 0 aliphatic heterocycles. The summed E-state index contributed by atoms with van der Waals surface area (Å²) in [6.45, 7) is 9.19. The van der Waals surface area contributed by atoms with E-state index in [1.54, 1.807) is 87.5 Å². The molecule has 3 aromatic rings. The molecule has 2 fully saturated rings. The van der Waals surface area contributed by atoms with Gasteiger partial charge >= 0.3 is 11.9 Å². The fourth-order valence-corrected chi connectivity index (χ4v) is 7.13. The summed E-state index contributed by atoms with van der Waals surface area (Å²) in [5, 5.41) is 13.5. The van der Waals surface area contributed by atoms with Gasteiger partial charge in [0.25, 0.3) is 5.78 Å². The molecule has 5 rings (SSSR count). The lowest BCUT2D eigenvalue weighted by atomic mass is 9.88. The molecule has 0 unspecified atom stereocenters. The monoisotopic (exact) mass is 876 g/mol. The average molecular weight is 877 g/mol. The summed E-state index contributed by atoms with van der Waals surface area (Å²) < 4.78 is 0. The molecule has 2 aliphatic carbocycles. The van der Waals surface area contributed by atoms with E-state index in [1.807, 2.05) is 13.8 Å². The number of nitrogens with one attached hydrogen (secondary N) is 2. The number of unbranched alkanes of at least 4 members (excludes halogenated alkanes) is 2. The van der Waals surface area contributed by atoms with Crippen molar-refractivity contribution >= 4 is 63.9 Å². The number of nitrogens with zero attached hydrogens (tertiary/aromatic N) is 2. The number of rotatable bonds is 18. The molecule has 2 saturated carbocycles. The minimum atomic E-state index is -1.14. The SMILES string of the molecule is CCCC/C(=N\OC(=O)C(=O)c1ccccc1)C(=O)c1ccc(NC(=O)C2CCCCC2)cc1.CCCC/C(=N\OC(=O)C(C)(C)C)C(=O)c1ccc(NC(=O)C2CCCCC2)cc1. The van der Waals surface area contributed by atoms with Crippen LogP contribution in [0, 0.1) is 17.3 Å². The van der Waals surface area contributed by atoms with Crippen molar-refractivity contribution in [3.63, 3.8) is 0 Å². The third-order valence-electron chi connectivity index (χ3n) is 11.2. The molecule has 342 valence electrons. The maximum Gasteiger partial charge on any atom is 0.405 e. The molecule has 0 saturated heterocycles. The van der Waals surface area contributed by atoms with Crippen molar-refractivity contribution in [3.05, 3.63) is 95.6 Å². The van der Waals surface area contributed by atoms with Crippen LogP contribution in [-0.4, -0.2) is 52.5 Å². The van der Waals surface area contributed by atoms with Crippen LogP contribution >= 0.6 is 0 Å². The van der Waals surface area contributed by atoms with Crippen LogP contribution in [-0.2, 0) is 28.9 Å². The van der Waals surface area contributed by atoms with Crippen molar-refractivity contribution in [1.29, 1.82) is 0 Å². The molecule has 0 atom stereocenters. The predicted molar refractivity (Wildman–Crippen MR) is 248 cm³/mol. The molecule has 0 aromatic heterocycles. The van der Waals surface area contributed by atoms with Crippen molar-refractivity contribution < 1.29 is 43.2 Å². The summed E-state index contributed by atoms with van der Waals surface area (Å²) >= 11 is 0. The molecule has 2 amide bonds. The molecular formula is C51H64N4O9. The summed E-state index contributed by atoms with van der Waals surface area (Å²) in [7, 11) is 0. The third-order valence-corrected chi connectivity index (χ3v) is 11.2. The van der Waals surface area contributed by atoms with Crippen molar-refractivity contribution in [3.8, 4) is 0 Å². The van der Waals surface area contributed by atoms with Gasteiger partial charge in [0.2, 0.25) is 23.4 Å². The van der Waals surface area contributed by atoms with E-state index in [0.717, 1.165) is 70.6 Å². The van der Waals surface area contributed by atoms with E-state index in [0.29, 0.717) is 41.8 Å². The maximum absolute atomic E-state index is 13.0. The summed E-state index contributed by atoms with van der Waals surface area (Å²) in [6.07, 6.45) is 14.3. The van der Waals surface area contributed by atoms with Gasteiger partial charge < -0.3 is 20.3 Å². The number of hydrogen-bond donors (Lipinski definition) is 2. The Bertz CT molecular complexity index is 2110. The minimum Gasteiger partial charge on any atom is -0.326 e. The lowest BCUT2D eigenvalue weighted by Crippen LogP contribution is -2.24. The fourth-order valence-electron chi connectivity index (χ4n) is 7.13. The summed E-state index contributed by atoms with van der Waals surface area (Å²) in [5.74, 6) is -2.94. The zero-order valence-electron chi connectivity index (χ0n) is 38.0. The second kappa shape index (κ2) is 25.9. The van der Waals surface area contributed by atoms with Gasteiger partial charge in [0, 0.05) is 39.9 Å². The number of ketones is 3. The van der Waals surface area contributed by atoms with Crippen LogP contribution in [0.1, 0.15) is 168 Å². The number of anilines is 2. The summed E-state index contributed by atoms with van der Waals surface area (Å²) in [4.78, 5) is 96.9. The van der Waals surface area contributed by atoms with Crippen LogP contribution in [0.3, 0.4) is 0 Å². The number of Topliss-reactive ketones (excluding diaryl/α,β-unsaturated/α-hetero) is 3. The average Bonchev–Trinajstić information content (AvgIpc) is 3.32. The van der Waals surface area contributed by atoms with Crippen LogP contribution in [0.2, 0.25) is 0 Å². The second-order valence-electron chi connectivity index (χ2n) is 17.4. The molecule has 0 heterocycles. The van der Waals surface area contributed by atoms with E-state index in [-0.39, 0.29) is 46.4 Å². The van der Waals surface area contributed by atoms with Crippen molar-refractivity contribution in [2.75, 3.05) is 10.6 Å². The molecular weight excluding hydrogens is 813 g/mol. The highest BCUT2D eigenvalue weighted by Crippen LogP contribution is 2.27. The molecule has 64 heavy (non-hydrogen) atoms. The van der Waals surface area contributed by atoms with Crippen molar-refractivity contribution in [2.24, 2.45) is 27.6 Å². The first-order valence-corrected chi connectivity index (χ1v) is 22.8. The quantitative estimate of drug-likeness (QED) is 0.0412. The lowest BCUT2D eigenvalue weighted by Gasteiger charge is -2.20. The van der Waals surface area contributed by atoms with Gasteiger partial charge in [-0.15, -0.1) is 0 Å². The standard InChI is InChI=1S/C27H30N2O5.C24H34N2O4/c1-2-3-14-23(29-34-27(33)25(31)19-10-6-4-7-11-19)24(30)20-15-17-22(18-16-20)28-26(32)21-12-8-5-9-13-21;1-5-6-12-20(26-30-23(29)24(2,3)4)21(27)17-13-15-19(16-14-17)25-22(28)18-10-8-7-9-11-18/h4,6-7,10-11,15-18,21H,2-3,5,8-9,12-14H2,1H3,(H,28,32);13-16,18H,5-12H2,1-4H3,(H,25,28)/b29-23+;26-20+. The number of amides is 2. The van der Waals surface area contributed by atoms with E-state index < -0.39 is 28.9 Å². The number of carbonyl (C=O) groups is 7. The second-order valence-corrected chi connectivity index (χ2v) is 17.4. The fraction of sp³-hybridized carbons (Fsp3) is 0.471. The van der Waals surface area contributed by atoms with E-state index >= 15 is 0 Å². The Labute approximate surface area is 377 Å². The normalized spacial score (nSPS) is 14.9. The van der Waals surface area contributed by atoms with Crippen LogP contribution < -0.4 is 10.6 Å². The Kier molecular flexibility index (Phi) is 20.4. The van der Waals surface area contributed by atoms with Gasteiger partial charge in [-0.1, -0.05) is 106 Å². The van der Waals surface area contributed by atoms with E-state index in [4.69, 9.17) is 9.68 Å². The van der Waals surface area contributed by atoms with Crippen molar-refractivity contribution in [2.45, 2.75) is 137 Å². The Balaban J connectivity index is 0.000000283. The molecule has 2 aliphatic rings. The Hall–Kier alpha value is -6.11. The first-order valence-electron chi connectivity index (χ1n) is 22.8. The van der Waals surface area contributed by atoms with E-state index in [1.165, 1.54) is 25.0 Å². The molecule has 3 aromatic carbocycles. The number of benzene rings is 3. The predicted octanol–water partition coefficient (Wildman–Crippen LogP) is 10.9. The highest BCUT2D eigenvalue weighted by atomic mass is 16.7. The Morgan fingerprint density at radius 2 is 0.922 bits per heavy atom. The van der Waals surface area contributed by atoms with Crippen molar-refractivity contribution in [1.82, 2.24) is 0 Å². The van der Waals surface area contributed by atoms with Gasteiger partial charge in [0.05, 0.1) is 5.41 Å². The highest BCUT2D eigenvalue weighted by Gasteiger charge is 2.26. The van der Waals surface area contributed by atoms with Crippen LogP contribution in [0.5, 0.6) is 0 Å². The molecule has 13 nitrogen and oxygen atoms in total. The van der Waals surface area contributed by atoms with Crippen LogP contribution in [0.4, 0.5) is 11.4 Å². The largest absolute Gasteiger partial charge is 0.405 e. The summed E-state index contributed by atoms with van der Waals surface area (Å²) in [5.41, 5.74) is 1.90. The van der Waals surface area contributed by atoms with Gasteiger partial charge in [-0.05, 0) is 121 Å². The zero-order chi connectivity index (χ0) is 46.5. The van der Waals surface area contributed by atoms with Gasteiger partial charge in [0.1, 0.15) is 11.4 Å². The maximum atomic E-state index is 13.0. The van der Waals surface area contributed by atoms with Gasteiger partial charge in [-0.25, -0.2) is 9.59 Å². The van der Waals surface area contributed by atoms with Gasteiger partial charge in [-0.2, -0.15) is 0 Å². The minimum absolute atomic E-state index is 0.0129. The highest BCUT2D eigenvalue weighted by molar-refractivity contribution is 6.46. The number of oxime groups is 2. The van der Waals surface area contributed by atoms with Crippen LogP contribution in [0.25, 0.3) is 0 Å². The van der Waals surface area contributed by atoms with Crippen LogP contribution in [0.15, 0.2) is 89.2 Å². The molecule has 2 N–H and O–H groups in total. The first-order chi connectivity index (χ1) is 30.7. The third kappa shape index (κ3) is 16.2. The number of carbonyl (C=O) groups excluding carboxylic acids is 7. The number of hydrogen-bond acceptors (Lipinski definition) is 11. The molecule has 0 spiro atoms. The first kappa shape index (κ1) is 50.5. The summed E-state index contributed by atoms with van der Waals surface area (Å²) in [6, 6.07) is 21.4. The lowest BCUT2D eigenvalue weighted by molar-refractivity contribution is -0.153. The molecule has 0 radical (unpaired) electrons. The molecule has 0 bridgehead atoms. The van der Waals surface area contributed by atoms with Gasteiger partial charge in [-0.3, -0.25) is 24.0 Å². The Morgan fingerprint density at radius 1 is 0.531 bits per heavy atom. The Morgan fingerprint density at radius 3 is 1.31 bits per heavy atom. The zero-order valence-corrected chi connectivity index (χ0v) is 38.0. The molecule has 13 heteroatoms. The van der Waals surface area contributed by atoms with E-state index in [9.17, 15) is 33.6 Å². The van der Waals surface area contributed by atoms with Gasteiger partial charge in [0.15, 0.2) is 0 Å². The topological polar surface area (TPSA) is 187 Å². The van der Waals surface area contributed by atoms with E-state index in [2.05, 4.69) is 20.9 Å². The smallest absolute Gasteiger partial charge is 0.326 e.